The maximum atomic E-state index is 13.0. The van der Waals surface area contributed by atoms with Crippen molar-refractivity contribution in [1.29, 1.82) is 0 Å². The fourth-order valence-electron chi connectivity index (χ4n) is 2.73. The van der Waals surface area contributed by atoms with Crippen molar-refractivity contribution in [3.05, 3.63) is 53.8 Å². The van der Waals surface area contributed by atoms with Crippen molar-refractivity contribution in [2.75, 3.05) is 16.8 Å². The molecule has 0 saturated carbocycles. The molecule has 1 N–H and O–H groups in total. The van der Waals surface area contributed by atoms with E-state index in [9.17, 15) is 14.0 Å². The second-order valence-electron chi connectivity index (χ2n) is 5.97. The summed E-state index contributed by atoms with van der Waals surface area (Å²) in [5, 5.41) is 2.67. The molecule has 6 heteroatoms. The Bertz CT molecular complexity index is 805. The average Bonchev–Trinajstić information content (AvgIpc) is 2.59. The number of carbonyl (C=O) groups excluding carboxylic acids is 2. The van der Waals surface area contributed by atoms with Gasteiger partial charge in [0.05, 0.1) is 5.69 Å². The van der Waals surface area contributed by atoms with E-state index in [4.69, 9.17) is 4.74 Å². The van der Waals surface area contributed by atoms with Gasteiger partial charge in [-0.15, -0.1) is 0 Å². The molecule has 1 heterocycles. The van der Waals surface area contributed by atoms with Crippen LogP contribution in [0, 0.1) is 12.7 Å². The number of ether oxygens (including phenoxy) is 1. The number of fused-ring (bicyclic) bond motifs is 1. The second kappa shape index (κ2) is 6.93. The third-order valence-corrected chi connectivity index (χ3v) is 4.02. The van der Waals surface area contributed by atoms with Crippen molar-refractivity contribution < 1.29 is 18.7 Å². The number of aryl methyl sites for hydroxylation is 1. The zero-order chi connectivity index (χ0) is 18.0. The first kappa shape index (κ1) is 17.0. The lowest BCUT2D eigenvalue weighted by atomic mass is 10.1. The van der Waals surface area contributed by atoms with Crippen molar-refractivity contribution >= 4 is 23.2 Å². The summed E-state index contributed by atoms with van der Waals surface area (Å²) in [6, 6.07) is 11.0. The van der Waals surface area contributed by atoms with E-state index < -0.39 is 6.10 Å². The molecule has 1 atom stereocenters. The van der Waals surface area contributed by atoms with Crippen LogP contribution < -0.4 is 15.0 Å². The van der Waals surface area contributed by atoms with Gasteiger partial charge >= 0.3 is 0 Å². The lowest BCUT2D eigenvalue weighted by molar-refractivity contribution is -0.128. The number of hydrogen-bond donors (Lipinski definition) is 1. The number of carbonyl (C=O) groups is 2. The van der Waals surface area contributed by atoms with Crippen LogP contribution in [0.2, 0.25) is 0 Å². The molecule has 2 aromatic rings. The molecular weight excluding hydrogens is 323 g/mol. The number of benzene rings is 2. The minimum absolute atomic E-state index is 0.132. The highest BCUT2D eigenvalue weighted by atomic mass is 19.1. The zero-order valence-corrected chi connectivity index (χ0v) is 14.1. The molecule has 0 aliphatic carbocycles. The molecule has 5 nitrogen and oxygen atoms in total. The van der Waals surface area contributed by atoms with Gasteiger partial charge in [-0.05, 0) is 55.3 Å². The minimum atomic E-state index is -0.603. The van der Waals surface area contributed by atoms with Crippen LogP contribution in [0.15, 0.2) is 42.5 Å². The molecule has 0 unspecified atom stereocenters. The Morgan fingerprint density at radius 2 is 1.96 bits per heavy atom. The van der Waals surface area contributed by atoms with E-state index in [2.05, 4.69) is 5.32 Å². The van der Waals surface area contributed by atoms with Gasteiger partial charge in [0.25, 0.3) is 5.91 Å². The number of halogens is 1. The Balaban J connectivity index is 1.82. The molecule has 0 saturated heterocycles. The Morgan fingerprint density at radius 1 is 1.24 bits per heavy atom. The van der Waals surface area contributed by atoms with Crippen molar-refractivity contribution in [2.24, 2.45) is 0 Å². The van der Waals surface area contributed by atoms with Gasteiger partial charge < -0.3 is 10.1 Å². The Morgan fingerprint density at radius 3 is 2.64 bits per heavy atom. The van der Waals surface area contributed by atoms with Crippen LogP contribution in [0.5, 0.6) is 5.75 Å². The predicted octanol–water partition coefficient (Wildman–Crippen LogP) is 3.28. The summed E-state index contributed by atoms with van der Waals surface area (Å²) in [6.45, 7) is 3.64. The van der Waals surface area contributed by atoms with Crippen LogP contribution in [0.1, 0.15) is 18.9 Å². The van der Waals surface area contributed by atoms with Crippen molar-refractivity contribution in [3.63, 3.8) is 0 Å². The van der Waals surface area contributed by atoms with Crippen LogP contribution in [0.3, 0.4) is 0 Å². The van der Waals surface area contributed by atoms with Gasteiger partial charge in [0.1, 0.15) is 18.1 Å². The molecule has 0 fully saturated rings. The Labute approximate surface area is 145 Å². The zero-order valence-electron chi connectivity index (χ0n) is 14.1. The maximum absolute atomic E-state index is 13.0. The summed E-state index contributed by atoms with van der Waals surface area (Å²) in [5.41, 5.74) is 2.03. The van der Waals surface area contributed by atoms with E-state index in [1.807, 2.05) is 32.0 Å². The molecule has 25 heavy (non-hydrogen) atoms. The Hall–Kier alpha value is -2.89. The van der Waals surface area contributed by atoms with Crippen LogP contribution in [0.25, 0.3) is 0 Å². The number of hydrogen-bond acceptors (Lipinski definition) is 3. The normalized spacial score (nSPS) is 16.2. The second-order valence-corrected chi connectivity index (χ2v) is 5.97. The fraction of sp³-hybridized carbons (Fsp3) is 0.263. The Kier molecular flexibility index (Phi) is 4.70. The molecule has 3 rings (SSSR count). The first-order chi connectivity index (χ1) is 12.0. The topological polar surface area (TPSA) is 58.6 Å². The van der Waals surface area contributed by atoms with Crippen LogP contribution in [0.4, 0.5) is 15.8 Å². The van der Waals surface area contributed by atoms with E-state index in [-0.39, 0.29) is 24.2 Å². The lowest BCUT2D eigenvalue weighted by Gasteiger charge is -2.33. The molecule has 2 amide bonds. The largest absolute Gasteiger partial charge is 0.478 e. The predicted molar refractivity (Wildman–Crippen MR) is 93.3 cm³/mol. The lowest BCUT2D eigenvalue weighted by Crippen LogP contribution is -2.48. The van der Waals surface area contributed by atoms with E-state index in [0.29, 0.717) is 23.5 Å². The minimum Gasteiger partial charge on any atom is -0.478 e. The van der Waals surface area contributed by atoms with Gasteiger partial charge in [-0.3, -0.25) is 14.5 Å². The third kappa shape index (κ3) is 3.63. The summed E-state index contributed by atoms with van der Waals surface area (Å²) in [7, 11) is 0. The van der Waals surface area contributed by atoms with Crippen LogP contribution >= 0.6 is 0 Å². The smallest absolute Gasteiger partial charge is 0.268 e. The van der Waals surface area contributed by atoms with Gasteiger partial charge in [-0.25, -0.2) is 4.39 Å². The summed E-state index contributed by atoms with van der Waals surface area (Å²) in [4.78, 5) is 26.4. The molecule has 0 radical (unpaired) electrons. The summed E-state index contributed by atoms with van der Waals surface area (Å²) < 4.78 is 18.7. The number of rotatable bonds is 4. The molecule has 130 valence electrons. The summed E-state index contributed by atoms with van der Waals surface area (Å²) >= 11 is 0. The first-order valence-electron chi connectivity index (χ1n) is 8.12. The highest BCUT2D eigenvalue weighted by Crippen LogP contribution is 2.35. The average molecular weight is 342 g/mol. The SMILES string of the molecule is CC[C@@H]1Oc2ccc(C)cc2N(CC(=O)Nc2ccc(F)cc2)C1=O. The highest BCUT2D eigenvalue weighted by Gasteiger charge is 2.34. The van der Waals surface area contributed by atoms with Gasteiger partial charge in [-0.2, -0.15) is 0 Å². The fourth-order valence-corrected chi connectivity index (χ4v) is 2.73. The van der Waals surface area contributed by atoms with E-state index >= 15 is 0 Å². The van der Waals surface area contributed by atoms with Crippen molar-refractivity contribution in [1.82, 2.24) is 0 Å². The molecule has 1 aliphatic heterocycles. The third-order valence-electron chi connectivity index (χ3n) is 4.02. The van der Waals surface area contributed by atoms with Gasteiger partial charge in [0.2, 0.25) is 5.91 Å². The molecule has 0 bridgehead atoms. The van der Waals surface area contributed by atoms with Gasteiger partial charge in [-0.1, -0.05) is 13.0 Å². The first-order valence-corrected chi connectivity index (χ1v) is 8.12. The molecule has 0 spiro atoms. The molecule has 2 aromatic carbocycles. The van der Waals surface area contributed by atoms with Crippen LogP contribution in [-0.2, 0) is 9.59 Å². The summed E-state index contributed by atoms with van der Waals surface area (Å²) in [5.74, 6) is -0.387. The number of anilines is 2. The monoisotopic (exact) mass is 342 g/mol. The van der Waals surface area contributed by atoms with E-state index in [1.165, 1.54) is 29.2 Å². The number of nitrogens with zero attached hydrogens (tertiary/aromatic N) is 1. The van der Waals surface area contributed by atoms with Crippen LogP contribution in [-0.4, -0.2) is 24.5 Å². The van der Waals surface area contributed by atoms with Crippen molar-refractivity contribution in [2.45, 2.75) is 26.4 Å². The maximum Gasteiger partial charge on any atom is 0.268 e. The van der Waals surface area contributed by atoms with Crippen molar-refractivity contribution in [3.8, 4) is 5.75 Å². The van der Waals surface area contributed by atoms with Gasteiger partial charge in [0.15, 0.2) is 6.10 Å². The quantitative estimate of drug-likeness (QED) is 0.928. The standard InChI is InChI=1S/C19H19FN2O3/c1-3-16-19(24)22(15-10-12(2)4-9-17(15)25-16)11-18(23)21-14-7-5-13(20)6-8-14/h4-10,16H,3,11H2,1-2H3,(H,21,23)/t16-/m0/s1. The molecule has 0 aromatic heterocycles. The number of nitrogens with one attached hydrogen (secondary N) is 1. The van der Waals surface area contributed by atoms with E-state index in [0.717, 1.165) is 5.56 Å². The van der Waals surface area contributed by atoms with Gasteiger partial charge in [0, 0.05) is 5.69 Å². The molecule has 1 aliphatic rings. The highest BCUT2D eigenvalue weighted by molar-refractivity contribution is 6.06. The van der Waals surface area contributed by atoms with E-state index in [1.54, 1.807) is 0 Å². The number of amides is 2. The summed E-state index contributed by atoms with van der Waals surface area (Å²) in [6.07, 6.45) is -0.0868. The molecular formula is C19H19FN2O3.